The number of nitrogens with two attached hydrogens (primary N) is 1. The van der Waals surface area contributed by atoms with E-state index in [1.165, 1.54) is 22.1 Å². The predicted molar refractivity (Wildman–Crippen MR) is 106 cm³/mol. The normalized spacial score (nSPS) is 11.6. The molecule has 0 aromatic carbocycles. The lowest BCUT2D eigenvalue weighted by Gasteiger charge is -2.04. The second-order valence-corrected chi connectivity index (χ2v) is 7.67. The van der Waals surface area contributed by atoms with Crippen LogP contribution in [-0.2, 0) is 20.0 Å². The standard InChI is InChI=1S/C17H15N9O2S/c1-25-13-10(14-16(25)21-12(29-14)5-8-2-3-19-22-8)6-20-26(17(13)28)7-9-4-11(15(18)27)24-23-9/h2-4,6H,5,7H2,1H3,(H2,18,27)(H,19,22)(H,23,24). The van der Waals surface area contributed by atoms with Crippen molar-refractivity contribution in [1.29, 1.82) is 0 Å². The van der Waals surface area contributed by atoms with Gasteiger partial charge in [-0.15, -0.1) is 11.3 Å². The second-order valence-electron chi connectivity index (χ2n) is 6.59. The SMILES string of the molecule is Cn1c2nc(Cc3ccn[nH]3)sc2c2cnn(Cc3cc(C(N)=O)n[nH]3)c(=O)c21. The number of nitrogens with one attached hydrogen (secondary N) is 2. The van der Waals surface area contributed by atoms with Gasteiger partial charge in [0.05, 0.1) is 23.1 Å². The topological polar surface area (TPSA) is 153 Å². The number of amides is 1. The highest BCUT2D eigenvalue weighted by Gasteiger charge is 2.19. The van der Waals surface area contributed by atoms with Gasteiger partial charge in [-0.25, -0.2) is 9.67 Å². The lowest BCUT2D eigenvalue weighted by Crippen LogP contribution is -2.24. The fourth-order valence-electron chi connectivity index (χ4n) is 3.30. The maximum atomic E-state index is 13.0. The summed E-state index contributed by atoms with van der Waals surface area (Å²) in [5, 5.41) is 19.4. The number of hydrogen-bond acceptors (Lipinski definition) is 7. The fourth-order valence-corrected chi connectivity index (χ4v) is 4.43. The highest BCUT2D eigenvalue weighted by atomic mass is 32.1. The predicted octanol–water partition coefficient (Wildman–Crippen LogP) is 0.529. The Bertz CT molecular complexity index is 1420. The molecule has 5 aromatic rings. The number of hydrogen-bond donors (Lipinski definition) is 3. The maximum absolute atomic E-state index is 13.0. The van der Waals surface area contributed by atoms with Crippen LogP contribution in [0.15, 0.2) is 29.3 Å². The Hall–Kier alpha value is -3.80. The van der Waals surface area contributed by atoms with Gasteiger partial charge in [0, 0.05) is 30.7 Å². The first-order chi connectivity index (χ1) is 14.0. The Morgan fingerprint density at radius 2 is 2.17 bits per heavy atom. The van der Waals surface area contributed by atoms with Crippen LogP contribution in [0.3, 0.4) is 0 Å². The number of aromatic nitrogens is 8. The van der Waals surface area contributed by atoms with E-state index in [4.69, 9.17) is 10.7 Å². The smallest absolute Gasteiger partial charge is 0.291 e. The van der Waals surface area contributed by atoms with Crippen molar-refractivity contribution >= 4 is 38.5 Å². The van der Waals surface area contributed by atoms with Gasteiger partial charge in [-0.3, -0.25) is 19.8 Å². The van der Waals surface area contributed by atoms with E-state index < -0.39 is 5.91 Å². The number of carbonyl (C=O) groups is 1. The molecule has 0 radical (unpaired) electrons. The molecule has 12 heteroatoms. The first-order valence-corrected chi connectivity index (χ1v) is 9.49. The third-order valence-corrected chi connectivity index (χ3v) is 5.75. The molecule has 0 bridgehead atoms. The zero-order valence-electron chi connectivity index (χ0n) is 15.2. The molecule has 11 nitrogen and oxygen atoms in total. The van der Waals surface area contributed by atoms with E-state index >= 15 is 0 Å². The van der Waals surface area contributed by atoms with Crippen LogP contribution in [0.25, 0.3) is 21.3 Å². The van der Waals surface area contributed by atoms with E-state index in [9.17, 15) is 9.59 Å². The molecule has 1 amide bonds. The second kappa shape index (κ2) is 6.38. The van der Waals surface area contributed by atoms with Crippen LogP contribution in [0, 0.1) is 0 Å². The number of rotatable bonds is 5. The summed E-state index contributed by atoms with van der Waals surface area (Å²) in [6.45, 7) is 0.145. The van der Waals surface area contributed by atoms with Gasteiger partial charge in [0.1, 0.15) is 16.2 Å². The summed E-state index contributed by atoms with van der Waals surface area (Å²) >= 11 is 1.54. The lowest BCUT2D eigenvalue weighted by molar-refractivity contribution is 0.0995. The number of aryl methyl sites for hydroxylation is 1. The molecular weight excluding hydrogens is 394 g/mol. The lowest BCUT2D eigenvalue weighted by atomic mass is 10.3. The average Bonchev–Trinajstić information content (AvgIpc) is 3.45. The monoisotopic (exact) mass is 409 g/mol. The number of fused-ring (bicyclic) bond motifs is 3. The van der Waals surface area contributed by atoms with E-state index in [0.29, 0.717) is 17.6 Å². The van der Waals surface area contributed by atoms with Gasteiger partial charge in [0.2, 0.25) is 0 Å². The molecule has 5 aromatic heterocycles. The minimum Gasteiger partial charge on any atom is -0.364 e. The van der Waals surface area contributed by atoms with E-state index in [1.54, 1.807) is 17.0 Å². The highest BCUT2D eigenvalue weighted by Crippen LogP contribution is 2.31. The van der Waals surface area contributed by atoms with Crippen LogP contribution in [0.4, 0.5) is 0 Å². The third kappa shape index (κ3) is 2.81. The molecule has 29 heavy (non-hydrogen) atoms. The molecule has 0 aliphatic rings. The molecule has 0 unspecified atom stereocenters. The molecular formula is C17H15N9O2S. The Kier molecular flexibility index (Phi) is 3.81. The molecule has 146 valence electrons. The van der Waals surface area contributed by atoms with Crippen molar-refractivity contribution in [3.63, 3.8) is 0 Å². The zero-order valence-corrected chi connectivity index (χ0v) is 16.0. The Morgan fingerprint density at radius 3 is 2.90 bits per heavy atom. The first-order valence-electron chi connectivity index (χ1n) is 8.67. The van der Waals surface area contributed by atoms with Crippen LogP contribution in [-0.4, -0.2) is 45.6 Å². The first kappa shape index (κ1) is 17.3. The molecule has 0 spiro atoms. The summed E-state index contributed by atoms with van der Waals surface area (Å²) < 4.78 is 4.03. The molecule has 0 aliphatic carbocycles. The Balaban J connectivity index is 1.55. The third-order valence-electron chi connectivity index (χ3n) is 4.67. The summed E-state index contributed by atoms with van der Waals surface area (Å²) in [6, 6.07) is 3.41. The van der Waals surface area contributed by atoms with Gasteiger partial charge < -0.3 is 10.3 Å². The molecule has 0 aliphatic heterocycles. The molecule has 5 heterocycles. The highest BCUT2D eigenvalue weighted by molar-refractivity contribution is 7.19. The summed E-state index contributed by atoms with van der Waals surface area (Å²) in [5.41, 5.74) is 7.88. The molecule has 0 saturated heterocycles. The fraction of sp³-hybridized carbons (Fsp3) is 0.176. The van der Waals surface area contributed by atoms with Crippen molar-refractivity contribution in [3.8, 4) is 0 Å². The van der Waals surface area contributed by atoms with E-state index in [2.05, 4.69) is 25.5 Å². The number of aromatic amines is 2. The molecule has 4 N–H and O–H groups in total. The van der Waals surface area contributed by atoms with Crippen LogP contribution in [0.5, 0.6) is 0 Å². The van der Waals surface area contributed by atoms with Crippen molar-refractivity contribution in [2.75, 3.05) is 0 Å². The summed E-state index contributed by atoms with van der Waals surface area (Å²) in [7, 11) is 1.82. The maximum Gasteiger partial charge on any atom is 0.291 e. The van der Waals surface area contributed by atoms with Crippen LogP contribution in [0.2, 0.25) is 0 Å². The summed E-state index contributed by atoms with van der Waals surface area (Å²) in [5.74, 6) is -0.636. The molecule has 0 saturated carbocycles. The van der Waals surface area contributed by atoms with E-state index in [0.717, 1.165) is 26.4 Å². The van der Waals surface area contributed by atoms with Gasteiger partial charge in [0.15, 0.2) is 5.65 Å². The summed E-state index contributed by atoms with van der Waals surface area (Å²) in [4.78, 5) is 28.9. The number of carbonyl (C=O) groups excluding carboxylic acids is 1. The van der Waals surface area contributed by atoms with Crippen molar-refractivity contribution < 1.29 is 4.79 Å². The van der Waals surface area contributed by atoms with E-state index in [1.807, 2.05) is 13.1 Å². The average molecular weight is 409 g/mol. The Morgan fingerprint density at radius 1 is 1.31 bits per heavy atom. The van der Waals surface area contributed by atoms with Gasteiger partial charge in [-0.2, -0.15) is 15.3 Å². The molecule has 0 atom stereocenters. The summed E-state index contributed by atoms with van der Waals surface area (Å²) in [6.07, 6.45) is 4.02. The van der Waals surface area contributed by atoms with Crippen molar-refractivity contribution in [2.24, 2.45) is 12.8 Å². The van der Waals surface area contributed by atoms with Crippen molar-refractivity contribution in [3.05, 3.63) is 57.0 Å². The van der Waals surface area contributed by atoms with Crippen molar-refractivity contribution in [2.45, 2.75) is 13.0 Å². The van der Waals surface area contributed by atoms with Crippen LogP contribution < -0.4 is 11.3 Å². The van der Waals surface area contributed by atoms with E-state index in [-0.39, 0.29) is 17.8 Å². The quantitative estimate of drug-likeness (QED) is 0.385. The number of nitrogens with zero attached hydrogens (tertiary/aromatic N) is 6. The minimum absolute atomic E-state index is 0.113. The number of thiazole rings is 1. The van der Waals surface area contributed by atoms with Gasteiger partial charge in [-0.1, -0.05) is 0 Å². The number of H-pyrrole nitrogens is 2. The Labute approximate surface area is 166 Å². The zero-order chi connectivity index (χ0) is 20.1. The van der Waals surface area contributed by atoms with Crippen LogP contribution >= 0.6 is 11.3 Å². The molecule has 5 rings (SSSR count). The largest absolute Gasteiger partial charge is 0.364 e. The van der Waals surface area contributed by atoms with Gasteiger partial charge in [-0.05, 0) is 12.1 Å². The number of primary amides is 1. The molecule has 0 fully saturated rings. The van der Waals surface area contributed by atoms with Crippen molar-refractivity contribution in [1.82, 2.24) is 39.7 Å². The minimum atomic E-state index is -0.636. The van der Waals surface area contributed by atoms with Crippen LogP contribution in [0.1, 0.15) is 26.9 Å². The van der Waals surface area contributed by atoms with Gasteiger partial charge in [0.25, 0.3) is 11.5 Å². The van der Waals surface area contributed by atoms with Gasteiger partial charge >= 0.3 is 0 Å².